The minimum absolute atomic E-state index is 0.00488. The number of amides is 1. The van der Waals surface area contributed by atoms with Gasteiger partial charge in [-0.1, -0.05) is 12.8 Å². The lowest BCUT2D eigenvalue weighted by atomic mass is 9.93. The van der Waals surface area contributed by atoms with Gasteiger partial charge in [-0.05, 0) is 19.8 Å². The molecule has 0 heterocycles. The van der Waals surface area contributed by atoms with E-state index < -0.39 is 0 Å². The lowest BCUT2D eigenvalue weighted by Crippen LogP contribution is -2.46. The van der Waals surface area contributed by atoms with E-state index in [0.29, 0.717) is 13.1 Å². The molecule has 82 valence electrons. The summed E-state index contributed by atoms with van der Waals surface area (Å²) in [7, 11) is 0. The number of likely N-dealkylation sites (N-methyl/N-ethyl adjacent to an activating group) is 1. The molecule has 4 heteroatoms. The van der Waals surface area contributed by atoms with Crippen LogP contribution in [0.1, 0.15) is 32.6 Å². The second-order valence-electron chi connectivity index (χ2n) is 3.79. The van der Waals surface area contributed by atoms with Crippen LogP contribution in [0.3, 0.4) is 0 Å². The van der Waals surface area contributed by atoms with Gasteiger partial charge in [-0.25, -0.2) is 0 Å². The summed E-state index contributed by atoms with van der Waals surface area (Å²) in [4.78, 5) is 11.1. The lowest BCUT2D eigenvalue weighted by Gasteiger charge is -2.28. The highest BCUT2D eigenvalue weighted by molar-refractivity contribution is 5.77. The Balaban J connectivity index is 2.19. The van der Waals surface area contributed by atoms with Gasteiger partial charge in [-0.15, -0.1) is 0 Å². The highest BCUT2D eigenvalue weighted by Crippen LogP contribution is 2.17. The minimum atomic E-state index is -0.279. The second-order valence-corrected chi connectivity index (χ2v) is 3.79. The Kier molecular flexibility index (Phi) is 4.90. The molecule has 1 aliphatic carbocycles. The van der Waals surface area contributed by atoms with E-state index in [1.54, 1.807) is 0 Å². The first kappa shape index (κ1) is 11.5. The molecule has 0 bridgehead atoms. The van der Waals surface area contributed by atoms with Crippen LogP contribution in [0.5, 0.6) is 0 Å². The average molecular weight is 200 g/mol. The summed E-state index contributed by atoms with van der Waals surface area (Å²) in [6, 6.07) is 0.103. The molecular formula is C10H20N2O2. The number of carbonyl (C=O) groups is 1. The van der Waals surface area contributed by atoms with Crippen molar-refractivity contribution in [2.75, 3.05) is 13.1 Å². The highest BCUT2D eigenvalue weighted by Gasteiger charge is 2.22. The first-order chi connectivity index (χ1) is 6.74. The largest absolute Gasteiger partial charge is 0.392 e. The van der Waals surface area contributed by atoms with Crippen LogP contribution in [0, 0.1) is 0 Å². The standard InChI is InChI=1S/C10H20N2O2/c1-2-11-10(14)7-12-8-5-3-4-6-9(8)13/h8-9,12-13H,2-7H2,1H3,(H,11,14)/t8-,9-/m1/s1. The third-order valence-corrected chi connectivity index (χ3v) is 2.63. The Morgan fingerprint density at radius 3 is 2.79 bits per heavy atom. The zero-order chi connectivity index (χ0) is 10.4. The maximum absolute atomic E-state index is 11.1. The van der Waals surface area contributed by atoms with Gasteiger partial charge in [0, 0.05) is 12.6 Å². The fraction of sp³-hybridized carbons (Fsp3) is 0.900. The first-order valence-electron chi connectivity index (χ1n) is 5.42. The summed E-state index contributed by atoms with van der Waals surface area (Å²) in [6.45, 7) is 2.87. The third-order valence-electron chi connectivity index (χ3n) is 2.63. The highest BCUT2D eigenvalue weighted by atomic mass is 16.3. The van der Waals surface area contributed by atoms with E-state index in [9.17, 15) is 9.90 Å². The zero-order valence-corrected chi connectivity index (χ0v) is 8.75. The second kappa shape index (κ2) is 5.98. The van der Waals surface area contributed by atoms with Crippen molar-refractivity contribution in [2.24, 2.45) is 0 Å². The number of rotatable bonds is 4. The molecule has 1 rings (SSSR count). The Labute approximate surface area is 85.1 Å². The molecule has 0 unspecified atom stereocenters. The Bertz CT molecular complexity index is 185. The summed E-state index contributed by atoms with van der Waals surface area (Å²) < 4.78 is 0. The summed E-state index contributed by atoms with van der Waals surface area (Å²) in [5, 5.41) is 15.4. The van der Waals surface area contributed by atoms with Gasteiger partial charge in [0.2, 0.25) is 5.91 Å². The molecule has 1 aliphatic rings. The molecule has 0 spiro atoms. The first-order valence-corrected chi connectivity index (χ1v) is 5.42. The fourth-order valence-electron chi connectivity index (χ4n) is 1.83. The molecule has 1 fully saturated rings. The van der Waals surface area contributed by atoms with Gasteiger partial charge in [0.15, 0.2) is 0 Å². The van der Waals surface area contributed by atoms with Gasteiger partial charge >= 0.3 is 0 Å². The number of aliphatic hydroxyl groups excluding tert-OH is 1. The molecule has 1 amide bonds. The topological polar surface area (TPSA) is 61.4 Å². The van der Waals surface area contributed by atoms with Crippen LogP contribution in [-0.4, -0.2) is 36.2 Å². The van der Waals surface area contributed by atoms with Gasteiger partial charge in [0.05, 0.1) is 12.6 Å². The van der Waals surface area contributed by atoms with Gasteiger partial charge in [-0.3, -0.25) is 4.79 Å². The van der Waals surface area contributed by atoms with Gasteiger partial charge in [-0.2, -0.15) is 0 Å². The van der Waals surface area contributed by atoms with E-state index in [4.69, 9.17) is 0 Å². The van der Waals surface area contributed by atoms with Gasteiger partial charge < -0.3 is 15.7 Å². The molecule has 0 aromatic heterocycles. The zero-order valence-electron chi connectivity index (χ0n) is 8.75. The van der Waals surface area contributed by atoms with E-state index in [1.807, 2.05) is 6.92 Å². The van der Waals surface area contributed by atoms with Crippen molar-refractivity contribution in [3.8, 4) is 0 Å². The number of carbonyl (C=O) groups excluding carboxylic acids is 1. The molecule has 4 nitrogen and oxygen atoms in total. The van der Waals surface area contributed by atoms with E-state index in [2.05, 4.69) is 10.6 Å². The van der Waals surface area contributed by atoms with Crippen molar-refractivity contribution in [3.63, 3.8) is 0 Å². The number of aliphatic hydroxyl groups is 1. The van der Waals surface area contributed by atoms with Crippen LogP contribution >= 0.6 is 0 Å². The summed E-state index contributed by atoms with van der Waals surface area (Å²) >= 11 is 0. The van der Waals surface area contributed by atoms with Crippen molar-refractivity contribution in [1.82, 2.24) is 10.6 Å². The SMILES string of the molecule is CCNC(=O)CN[C@@H]1CCCC[C@H]1O. The van der Waals surface area contributed by atoms with E-state index >= 15 is 0 Å². The third kappa shape index (κ3) is 3.64. The summed E-state index contributed by atoms with van der Waals surface area (Å²) in [6.07, 6.45) is 3.79. The Morgan fingerprint density at radius 1 is 1.43 bits per heavy atom. The van der Waals surface area contributed by atoms with E-state index in [0.717, 1.165) is 25.7 Å². The van der Waals surface area contributed by atoms with Crippen molar-refractivity contribution in [3.05, 3.63) is 0 Å². The number of hydrogen-bond acceptors (Lipinski definition) is 3. The molecule has 0 aromatic rings. The summed E-state index contributed by atoms with van der Waals surface area (Å²) in [5.41, 5.74) is 0. The van der Waals surface area contributed by atoms with Crippen molar-refractivity contribution < 1.29 is 9.90 Å². The predicted molar refractivity (Wildman–Crippen MR) is 54.9 cm³/mol. The molecule has 14 heavy (non-hydrogen) atoms. The number of hydrogen-bond donors (Lipinski definition) is 3. The number of nitrogens with one attached hydrogen (secondary N) is 2. The molecule has 0 aromatic carbocycles. The van der Waals surface area contributed by atoms with Crippen LogP contribution < -0.4 is 10.6 Å². The molecule has 0 aliphatic heterocycles. The van der Waals surface area contributed by atoms with E-state index in [1.165, 1.54) is 0 Å². The van der Waals surface area contributed by atoms with Crippen LogP contribution in [-0.2, 0) is 4.79 Å². The Morgan fingerprint density at radius 2 is 2.14 bits per heavy atom. The summed E-state index contributed by atoms with van der Waals surface area (Å²) in [5.74, 6) is 0.00488. The van der Waals surface area contributed by atoms with Crippen LogP contribution in [0.2, 0.25) is 0 Å². The Hall–Kier alpha value is -0.610. The lowest BCUT2D eigenvalue weighted by molar-refractivity contribution is -0.120. The fourth-order valence-corrected chi connectivity index (χ4v) is 1.83. The molecule has 1 saturated carbocycles. The maximum Gasteiger partial charge on any atom is 0.233 e. The molecule has 3 N–H and O–H groups in total. The monoisotopic (exact) mass is 200 g/mol. The van der Waals surface area contributed by atoms with Crippen molar-refractivity contribution in [1.29, 1.82) is 0 Å². The normalized spacial score (nSPS) is 27.3. The van der Waals surface area contributed by atoms with E-state index in [-0.39, 0.29) is 18.1 Å². The minimum Gasteiger partial charge on any atom is -0.392 e. The molecule has 2 atom stereocenters. The average Bonchev–Trinajstić information content (AvgIpc) is 2.17. The van der Waals surface area contributed by atoms with Crippen LogP contribution in [0.25, 0.3) is 0 Å². The van der Waals surface area contributed by atoms with Crippen LogP contribution in [0.4, 0.5) is 0 Å². The smallest absolute Gasteiger partial charge is 0.233 e. The molecular weight excluding hydrogens is 180 g/mol. The molecule has 0 saturated heterocycles. The van der Waals surface area contributed by atoms with Gasteiger partial charge in [0.1, 0.15) is 0 Å². The van der Waals surface area contributed by atoms with Crippen LogP contribution in [0.15, 0.2) is 0 Å². The predicted octanol–water partition coefficient (Wildman–Crippen LogP) is 0.0156. The molecule has 0 radical (unpaired) electrons. The van der Waals surface area contributed by atoms with Crippen molar-refractivity contribution >= 4 is 5.91 Å². The quantitative estimate of drug-likeness (QED) is 0.599. The van der Waals surface area contributed by atoms with Crippen molar-refractivity contribution in [2.45, 2.75) is 44.8 Å². The maximum atomic E-state index is 11.1. The van der Waals surface area contributed by atoms with Gasteiger partial charge in [0.25, 0.3) is 0 Å².